The number of likely N-dealkylation sites (tertiary alicyclic amines) is 1. The molecule has 0 spiro atoms. The predicted octanol–water partition coefficient (Wildman–Crippen LogP) is -0.479. The Morgan fingerprint density at radius 3 is 2.67 bits per heavy atom. The minimum atomic E-state index is -0.369. The topological polar surface area (TPSA) is 92.5 Å². The summed E-state index contributed by atoms with van der Waals surface area (Å²) in [7, 11) is 0. The van der Waals surface area contributed by atoms with E-state index in [0.717, 1.165) is 19.3 Å². The lowest BCUT2D eigenvalue weighted by Gasteiger charge is -2.14. The van der Waals surface area contributed by atoms with Gasteiger partial charge < -0.3 is 11.1 Å². The SMILES string of the molecule is NC(=O)CCCCNC1CC(=O)N(C2CC2)C1=O. The molecule has 3 N–H and O–H groups in total. The van der Waals surface area contributed by atoms with E-state index in [1.54, 1.807) is 0 Å². The van der Waals surface area contributed by atoms with Gasteiger partial charge in [0, 0.05) is 12.5 Å². The number of hydrogen-bond donors (Lipinski definition) is 2. The summed E-state index contributed by atoms with van der Waals surface area (Å²) in [6, 6.07) is -0.210. The average Bonchev–Trinajstić information content (AvgIpc) is 3.07. The fourth-order valence-corrected chi connectivity index (χ4v) is 2.23. The van der Waals surface area contributed by atoms with E-state index in [2.05, 4.69) is 5.32 Å². The van der Waals surface area contributed by atoms with Gasteiger partial charge in [-0.1, -0.05) is 0 Å². The minimum absolute atomic E-state index is 0.0582. The lowest BCUT2D eigenvalue weighted by Crippen LogP contribution is -2.40. The predicted molar refractivity (Wildman–Crippen MR) is 64.3 cm³/mol. The number of unbranched alkanes of at least 4 members (excludes halogenated alkanes) is 1. The van der Waals surface area contributed by atoms with Crippen molar-refractivity contribution in [3.8, 4) is 0 Å². The fourth-order valence-electron chi connectivity index (χ4n) is 2.23. The summed E-state index contributed by atoms with van der Waals surface area (Å²) in [5, 5.41) is 3.08. The number of amides is 3. The molecule has 0 aromatic carbocycles. The molecule has 18 heavy (non-hydrogen) atoms. The van der Waals surface area contributed by atoms with Crippen molar-refractivity contribution in [2.75, 3.05) is 6.54 Å². The molecule has 2 aliphatic rings. The summed E-state index contributed by atoms with van der Waals surface area (Å²) in [4.78, 5) is 35.5. The molecule has 6 heteroatoms. The Morgan fingerprint density at radius 2 is 2.06 bits per heavy atom. The molecule has 0 bridgehead atoms. The second-order valence-corrected chi connectivity index (χ2v) is 4.97. The summed E-state index contributed by atoms with van der Waals surface area (Å²) in [5.41, 5.74) is 5.03. The van der Waals surface area contributed by atoms with E-state index in [0.29, 0.717) is 19.4 Å². The average molecular weight is 253 g/mol. The van der Waals surface area contributed by atoms with Crippen molar-refractivity contribution >= 4 is 17.7 Å². The Kier molecular flexibility index (Phi) is 3.96. The summed E-state index contributed by atoms with van der Waals surface area (Å²) >= 11 is 0. The number of nitrogens with two attached hydrogens (primary N) is 1. The van der Waals surface area contributed by atoms with Gasteiger partial charge in [0.05, 0.1) is 12.5 Å². The highest BCUT2D eigenvalue weighted by Gasteiger charge is 2.45. The third kappa shape index (κ3) is 3.07. The first-order valence-electron chi connectivity index (χ1n) is 6.47. The van der Waals surface area contributed by atoms with Gasteiger partial charge in [-0.15, -0.1) is 0 Å². The van der Waals surface area contributed by atoms with Crippen LogP contribution in [0.5, 0.6) is 0 Å². The van der Waals surface area contributed by atoms with Gasteiger partial charge in [-0.05, 0) is 32.2 Å². The fraction of sp³-hybridized carbons (Fsp3) is 0.750. The molecular weight excluding hydrogens is 234 g/mol. The molecule has 3 amide bonds. The highest BCUT2D eigenvalue weighted by molar-refractivity contribution is 6.06. The Labute approximate surface area is 106 Å². The maximum absolute atomic E-state index is 11.9. The first-order chi connectivity index (χ1) is 8.59. The van der Waals surface area contributed by atoms with E-state index in [-0.39, 0.29) is 36.2 Å². The molecule has 0 aromatic rings. The molecule has 0 radical (unpaired) electrons. The maximum Gasteiger partial charge on any atom is 0.247 e. The van der Waals surface area contributed by atoms with E-state index in [9.17, 15) is 14.4 Å². The largest absolute Gasteiger partial charge is 0.370 e. The van der Waals surface area contributed by atoms with Crippen molar-refractivity contribution in [3.05, 3.63) is 0 Å². The molecule has 0 aromatic heterocycles. The van der Waals surface area contributed by atoms with Crippen LogP contribution in [0.2, 0.25) is 0 Å². The smallest absolute Gasteiger partial charge is 0.247 e. The number of rotatable bonds is 7. The molecular formula is C12H19N3O3. The molecule has 1 unspecified atom stereocenters. The zero-order chi connectivity index (χ0) is 13.1. The van der Waals surface area contributed by atoms with Gasteiger partial charge in [0.15, 0.2) is 0 Å². The van der Waals surface area contributed by atoms with Crippen molar-refractivity contribution < 1.29 is 14.4 Å². The van der Waals surface area contributed by atoms with Crippen LogP contribution >= 0.6 is 0 Å². The van der Waals surface area contributed by atoms with Crippen molar-refractivity contribution in [3.63, 3.8) is 0 Å². The van der Waals surface area contributed by atoms with E-state index in [1.165, 1.54) is 4.90 Å². The summed E-state index contributed by atoms with van der Waals surface area (Å²) in [5.74, 6) is -0.448. The first kappa shape index (κ1) is 13.0. The highest BCUT2D eigenvalue weighted by Crippen LogP contribution is 2.31. The summed E-state index contributed by atoms with van der Waals surface area (Å²) < 4.78 is 0. The molecule has 6 nitrogen and oxygen atoms in total. The summed E-state index contributed by atoms with van der Waals surface area (Å²) in [6.07, 6.45) is 4.03. The van der Waals surface area contributed by atoms with Crippen LogP contribution < -0.4 is 11.1 Å². The lowest BCUT2D eigenvalue weighted by molar-refractivity contribution is -0.139. The first-order valence-corrected chi connectivity index (χ1v) is 6.47. The Hall–Kier alpha value is -1.43. The molecule has 2 fully saturated rings. The van der Waals surface area contributed by atoms with Gasteiger partial charge in [0.25, 0.3) is 0 Å². The minimum Gasteiger partial charge on any atom is -0.370 e. The third-order valence-electron chi connectivity index (χ3n) is 3.34. The normalized spacial score (nSPS) is 23.8. The zero-order valence-electron chi connectivity index (χ0n) is 10.4. The van der Waals surface area contributed by atoms with Gasteiger partial charge in [-0.2, -0.15) is 0 Å². The van der Waals surface area contributed by atoms with Crippen LogP contribution in [0.4, 0.5) is 0 Å². The van der Waals surface area contributed by atoms with Crippen LogP contribution in [0.15, 0.2) is 0 Å². The van der Waals surface area contributed by atoms with Gasteiger partial charge in [-0.3, -0.25) is 19.3 Å². The van der Waals surface area contributed by atoms with Crippen LogP contribution in [0.1, 0.15) is 38.5 Å². The third-order valence-corrected chi connectivity index (χ3v) is 3.34. The van der Waals surface area contributed by atoms with Crippen molar-refractivity contribution in [1.29, 1.82) is 0 Å². The zero-order valence-corrected chi connectivity index (χ0v) is 10.4. The quantitative estimate of drug-likeness (QED) is 0.473. The van der Waals surface area contributed by atoms with E-state index >= 15 is 0 Å². The standard InChI is InChI=1S/C12H19N3O3/c13-10(16)3-1-2-6-14-9-7-11(17)15(12(9)18)8-4-5-8/h8-9,14H,1-7H2,(H2,13,16). The molecule has 1 saturated heterocycles. The molecule has 100 valence electrons. The Morgan fingerprint density at radius 1 is 1.33 bits per heavy atom. The Bertz CT molecular complexity index is 366. The molecule has 1 heterocycles. The molecule has 1 saturated carbocycles. The van der Waals surface area contributed by atoms with Crippen molar-refractivity contribution in [2.24, 2.45) is 5.73 Å². The van der Waals surface area contributed by atoms with Crippen LogP contribution in [0, 0.1) is 0 Å². The second-order valence-electron chi connectivity index (χ2n) is 4.97. The molecule has 1 atom stereocenters. The Balaban J connectivity index is 1.69. The van der Waals surface area contributed by atoms with Gasteiger partial charge in [0.1, 0.15) is 0 Å². The second kappa shape index (κ2) is 5.48. The molecule has 1 aliphatic heterocycles. The maximum atomic E-state index is 11.9. The van der Waals surface area contributed by atoms with E-state index in [1.807, 2.05) is 0 Å². The van der Waals surface area contributed by atoms with Gasteiger partial charge in [-0.25, -0.2) is 0 Å². The number of imide groups is 1. The van der Waals surface area contributed by atoms with Crippen LogP contribution in [0.25, 0.3) is 0 Å². The van der Waals surface area contributed by atoms with E-state index < -0.39 is 0 Å². The van der Waals surface area contributed by atoms with Crippen LogP contribution in [-0.4, -0.2) is 41.2 Å². The van der Waals surface area contributed by atoms with Crippen molar-refractivity contribution in [2.45, 2.75) is 50.6 Å². The number of hydrogen-bond acceptors (Lipinski definition) is 4. The van der Waals surface area contributed by atoms with Crippen LogP contribution in [0.3, 0.4) is 0 Å². The number of nitrogens with zero attached hydrogens (tertiary/aromatic N) is 1. The molecule has 2 rings (SSSR count). The molecule has 1 aliphatic carbocycles. The number of carbonyl (C=O) groups is 3. The monoisotopic (exact) mass is 253 g/mol. The van der Waals surface area contributed by atoms with E-state index in [4.69, 9.17) is 5.73 Å². The van der Waals surface area contributed by atoms with Crippen LogP contribution in [-0.2, 0) is 14.4 Å². The number of carbonyl (C=O) groups excluding carboxylic acids is 3. The number of primary amides is 1. The van der Waals surface area contributed by atoms with Gasteiger partial charge in [0.2, 0.25) is 17.7 Å². The van der Waals surface area contributed by atoms with Gasteiger partial charge >= 0.3 is 0 Å². The van der Waals surface area contributed by atoms with Crippen molar-refractivity contribution in [1.82, 2.24) is 10.2 Å². The highest BCUT2D eigenvalue weighted by atomic mass is 16.2. The summed E-state index contributed by atoms with van der Waals surface area (Å²) in [6.45, 7) is 0.634. The number of nitrogens with one attached hydrogen (secondary N) is 1. The lowest BCUT2D eigenvalue weighted by atomic mass is 10.2.